The molecular weight excluding hydrogens is 296 g/mol. The number of carbonyl (C=O) groups is 1. The van der Waals surface area contributed by atoms with Gasteiger partial charge >= 0.3 is 0 Å². The fourth-order valence-corrected chi connectivity index (χ4v) is 2.79. The third kappa shape index (κ3) is 4.63. The van der Waals surface area contributed by atoms with Crippen molar-refractivity contribution in [1.29, 1.82) is 0 Å². The Hall–Kier alpha value is -1.70. The molecule has 2 aliphatic rings. The number of anilines is 1. The van der Waals surface area contributed by atoms with Crippen LogP contribution in [-0.4, -0.2) is 86.4 Å². The van der Waals surface area contributed by atoms with E-state index in [4.69, 9.17) is 9.47 Å². The van der Waals surface area contributed by atoms with Crippen molar-refractivity contribution in [1.82, 2.24) is 14.8 Å². The molecule has 0 saturated carbocycles. The number of hydrogen-bond donors (Lipinski definition) is 1. The average Bonchev–Trinajstić information content (AvgIpc) is 2.63. The Balaban J connectivity index is 1.51. The van der Waals surface area contributed by atoms with E-state index in [1.165, 1.54) is 0 Å². The molecule has 0 bridgehead atoms. The Morgan fingerprint density at radius 1 is 1.09 bits per heavy atom. The summed E-state index contributed by atoms with van der Waals surface area (Å²) in [4.78, 5) is 20.8. The zero-order valence-corrected chi connectivity index (χ0v) is 13.4. The van der Waals surface area contributed by atoms with Crippen molar-refractivity contribution in [2.24, 2.45) is 0 Å². The van der Waals surface area contributed by atoms with Gasteiger partial charge in [0.15, 0.2) is 0 Å². The minimum atomic E-state index is 0.0256. The van der Waals surface area contributed by atoms with Crippen LogP contribution in [0, 0.1) is 0 Å². The topological polar surface area (TPSA) is 66.9 Å². The van der Waals surface area contributed by atoms with Gasteiger partial charge in [-0.2, -0.15) is 0 Å². The van der Waals surface area contributed by atoms with Gasteiger partial charge < -0.3 is 19.7 Å². The summed E-state index contributed by atoms with van der Waals surface area (Å²) in [5, 5.41) is 3.35. The van der Waals surface area contributed by atoms with Gasteiger partial charge in [0, 0.05) is 51.7 Å². The zero-order valence-electron chi connectivity index (χ0n) is 13.4. The maximum atomic E-state index is 12.5. The van der Waals surface area contributed by atoms with Gasteiger partial charge in [-0.05, 0) is 6.07 Å². The first-order valence-corrected chi connectivity index (χ1v) is 8.19. The van der Waals surface area contributed by atoms with Crippen molar-refractivity contribution < 1.29 is 14.3 Å². The largest absolute Gasteiger partial charge is 0.382 e. The molecule has 1 aromatic rings. The van der Waals surface area contributed by atoms with E-state index in [1.807, 2.05) is 11.0 Å². The minimum Gasteiger partial charge on any atom is -0.382 e. The van der Waals surface area contributed by atoms with Crippen LogP contribution in [0.1, 0.15) is 10.4 Å². The van der Waals surface area contributed by atoms with Gasteiger partial charge in [-0.1, -0.05) is 0 Å². The summed E-state index contributed by atoms with van der Waals surface area (Å²) >= 11 is 0. The third-order valence-electron chi connectivity index (χ3n) is 4.14. The molecular formula is C16H24N4O3. The average molecular weight is 320 g/mol. The first kappa shape index (κ1) is 16.2. The molecule has 2 fully saturated rings. The van der Waals surface area contributed by atoms with E-state index in [9.17, 15) is 4.79 Å². The highest BCUT2D eigenvalue weighted by Crippen LogP contribution is 2.12. The number of amides is 1. The molecule has 7 heteroatoms. The van der Waals surface area contributed by atoms with Crippen LogP contribution >= 0.6 is 0 Å². The SMILES string of the molecule is O=C(c1cncc(NCCN2CCOCC2)c1)N1CCOCC1. The summed E-state index contributed by atoms with van der Waals surface area (Å²) in [5.41, 5.74) is 1.51. The molecule has 1 amide bonds. The van der Waals surface area contributed by atoms with Crippen molar-refractivity contribution in [3.63, 3.8) is 0 Å². The Labute approximate surface area is 136 Å². The molecule has 126 valence electrons. The van der Waals surface area contributed by atoms with Gasteiger partial charge in [-0.15, -0.1) is 0 Å². The molecule has 0 aliphatic carbocycles. The summed E-state index contributed by atoms with van der Waals surface area (Å²) in [6.45, 7) is 7.89. The summed E-state index contributed by atoms with van der Waals surface area (Å²) in [7, 11) is 0. The number of carbonyl (C=O) groups excluding carboxylic acids is 1. The lowest BCUT2D eigenvalue weighted by Crippen LogP contribution is -2.40. The molecule has 0 atom stereocenters. The van der Waals surface area contributed by atoms with Crippen molar-refractivity contribution >= 4 is 11.6 Å². The van der Waals surface area contributed by atoms with E-state index >= 15 is 0 Å². The summed E-state index contributed by atoms with van der Waals surface area (Å²) in [6.07, 6.45) is 3.39. The predicted molar refractivity (Wildman–Crippen MR) is 86.7 cm³/mol. The van der Waals surface area contributed by atoms with Crippen LogP contribution in [0.15, 0.2) is 18.5 Å². The van der Waals surface area contributed by atoms with E-state index in [-0.39, 0.29) is 5.91 Å². The van der Waals surface area contributed by atoms with Crippen LogP contribution in [0.2, 0.25) is 0 Å². The first-order valence-electron chi connectivity index (χ1n) is 8.19. The van der Waals surface area contributed by atoms with Crippen LogP contribution in [-0.2, 0) is 9.47 Å². The van der Waals surface area contributed by atoms with Crippen LogP contribution in [0.25, 0.3) is 0 Å². The van der Waals surface area contributed by atoms with E-state index in [1.54, 1.807) is 12.4 Å². The molecule has 1 N–H and O–H groups in total. The number of morpholine rings is 2. The van der Waals surface area contributed by atoms with E-state index < -0.39 is 0 Å². The molecule has 7 nitrogen and oxygen atoms in total. The van der Waals surface area contributed by atoms with E-state index in [2.05, 4.69) is 15.2 Å². The number of pyridine rings is 1. The van der Waals surface area contributed by atoms with Gasteiger partial charge in [-0.3, -0.25) is 14.7 Å². The third-order valence-corrected chi connectivity index (χ3v) is 4.14. The Morgan fingerprint density at radius 2 is 1.78 bits per heavy atom. The Morgan fingerprint density at radius 3 is 2.52 bits per heavy atom. The highest BCUT2D eigenvalue weighted by molar-refractivity contribution is 5.94. The number of aromatic nitrogens is 1. The number of nitrogens with one attached hydrogen (secondary N) is 1. The maximum Gasteiger partial charge on any atom is 0.255 e. The normalized spacial score (nSPS) is 19.6. The van der Waals surface area contributed by atoms with Gasteiger partial charge in [-0.25, -0.2) is 0 Å². The number of ether oxygens (including phenoxy) is 2. The molecule has 0 unspecified atom stereocenters. The zero-order chi connectivity index (χ0) is 15.9. The lowest BCUT2D eigenvalue weighted by atomic mass is 10.2. The van der Waals surface area contributed by atoms with Gasteiger partial charge in [0.2, 0.25) is 0 Å². The lowest BCUT2D eigenvalue weighted by Gasteiger charge is -2.27. The molecule has 23 heavy (non-hydrogen) atoms. The smallest absolute Gasteiger partial charge is 0.255 e. The second-order valence-corrected chi connectivity index (χ2v) is 5.75. The predicted octanol–water partition coefficient (Wildman–Crippen LogP) is 0.298. The molecule has 0 radical (unpaired) electrons. The van der Waals surface area contributed by atoms with Crippen LogP contribution in [0.5, 0.6) is 0 Å². The molecule has 3 heterocycles. The quantitative estimate of drug-likeness (QED) is 0.842. The molecule has 2 saturated heterocycles. The lowest BCUT2D eigenvalue weighted by molar-refractivity contribution is 0.0302. The highest BCUT2D eigenvalue weighted by atomic mass is 16.5. The summed E-state index contributed by atoms with van der Waals surface area (Å²) in [5.74, 6) is 0.0256. The molecule has 0 spiro atoms. The van der Waals surface area contributed by atoms with Crippen molar-refractivity contribution in [3.8, 4) is 0 Å². The minimum absolute atomic E-state index is 0.0256. The molecule has 0 aromatic carbocycles. The molecule has 3 rings (SSSR count). The fraction of sp³-hybridized carbons (Fsp3) is 0.625. The Bertz CT molecular complexity index is 514. The van der Waals surface area contributed by atoms with Gasteiger partial charge in [0.25, 0.3) is 5.91 Å². The fourth-order valence-electron chi connectivity index (χ4n) is 2.79. The van der Waals surface area contributed by atoms with Crippen LogP contribution < -0.4 is 5.32 Å². The van der Waals surface area contributed by atoms with E-state index in [0.29, 0.717) is 31.9 Å². The standard InChI is InChI=1S/C16H24N4O3/c21-16(20-5-9-23-10-6-20)14-11-15(13-17-12-14)18-1-2-19-3-7-22-8-4-19/h11-13,18H,1-10H2. The monoisotopic (exact) mass is 320 g/mol. The Kier molecular flexibility index (Phi) is 5.79. The van der Waals surface area contributed by atoms with Crippen LogP contribution in [0.4, 0.5) is 5.69 Å². The number of rotatable bonds is 5. The number of nitrogens with zero attached hydrogens (tertiary/aromatic N) is 3. The second-order valence-electron chi connectivity index (χ2n) is 5.75. The van der Waals surface area contributed by atoms with Crippen molar-refractivity contribution in [3.05, 3.63) is 24.0 Å². The van der Waals surface area contributed by atoms with Crippen LogP contribution in [0.3, 0.4) is 0 Å². The summed E-state index contributed by atoms with van der Waals surface area (Å²) < 4.78 is 10.6. The molecule has 1 aromatic heterocycles. The molecule has 2 aliphatic heterocycles. The summed E-state index contributed by atoms with van der Waals surface area (Å²) in [6, 6.07) is 1.88. The van der Waals surface area contributed by atoms with Gasteiger partial charge in [0.1, 0.15) is 0 Å². The second kappa shape index (κ2) is 8.24. The van der Waals surface area contributed by atoms with Crippen molar-refractivity contribution in [2.75, 3.05) is 71.0 Å². The van der Waals surface area contributed by atoms with Gasteiger partial charge in [0.05, 0.1) is 37.7 Å². The maximum absolute atomic E-state index is 12.5. The first-order chi connectivity index (χ1) is 11.3. The van der Waals surface area contributed by atoms with E-state index in [0.717, 1.165) is 45.1 Å². The number of hydrogen-bond acceptors (Lipinski definition) is 6. The van der Waals surface area contributed by atoms with Crippen molar-refractivity contribution in [2.45, 2.75) is 0 Å². The highest BCUT2D eigenvalue weighted by Gasteiger charge is 2.19.